The molecule has 0 radical (unpaired) electrons. The molecule has 0 heterocycles. The molecule has 0 saturated heterocycles. The van der Waals surface area contributed by atoms with E-state index in [4.69, 9.17) is 0 Å². The molecule has 14 heavy (non-hydrogen) atoms. The zero-order chi connectivity index (χ0) is 11.0. The smallest absolute Gasteiger partial charge is 0.132 e. The minimum Gasteiger partial charge on any atom is -0.303 e. The van der Waals surface area contributed by atoms with Gasteiger partial charge in [0.2, 0.25) is 0 Å². The highest BCUT2D eigenvalue weighted by molar-refractivity contribution is 5.77. The van der Waals surface area contributed by atoms with Crippen molar-refractivity contribution in [2.75, 3.05) is 20.1 Å². The average molecular weight is 197 g/mol. The standard InChI is InChI=1S/C12H23NO/c1-5-9-13(4)10-7-6-8-11(2)12(3)14/h6-7,11H,5,8-10H2,1-4H3/b7-6+. The molecule has 0 aromatic heterocycles. The van der Waals surface area contributed by atoms with E-state index in [2.05, 4.69) is 31.0 Å². The van der Waals surface area contributed by atoms with Crippen molar-refractivity contribution in [2.24, 2.45) is 5.92 Å². The van der Waals surface area contributed by atoms with Gasteiger partial charge in [-0.25, -0.2) is 0 Å². The predicted octanol–water partition coefficient (Wildman–Crippen LogP) is 2.50. The van der Waals surface area contributed by atoms with Crippen molar-refractivity contribution < 1.29 is 4.79 Å². The maximum Gasteiger partial charge on any atom is 0.132 e. The van der Waals surface area contributed by atoms with Gasteiger partial charge in [-0.15, -0.1) is 0 Å². The summed E-state index contributed by atoms with van der Waals surface area (Å²) in [6.07, 6.45) is 6.32. The summed E-state index contributed by atoms with van der Waals surface area (Å²) in [5, 5.41) is 0. The largest absolute Gasteiger partial charge is 0.303 e. The van der Waals surface area contributed by atoms with Gasteiger partial charge in [-0.1, -0.05) is 26.0 Å². The molecule has 0 spiro atoms. The number of hydrogen-bond acceptors (Lipinski definition) is 2. The Balaban J connectivity index is 3.58. The van der Waals surface area contributed by atoms with Gasteiger partial charge >= 0.3 is 0 Å². The van der Waals surface area contributed by atoms with Crippen molar-refractivity contribution in [1.82, 2.24) is 4.90 Å². The summed E-state index contributed by atoms with van der Waals surface area (Å²) in [5.41, 5.74) is 0. The molecule has 0 aliphatic carbocycles. The van der Waals surface area contributed by atoms with Crippen LogP contribution < -0.4 is 0 Å². The first-order chi connectivity index (χ1) is 6.57. The molecule has 0 rings (SSSR count). The molecule has 0 bridgehead atoms. The van der Waals surface area contributed by atoms with Gasteiger partial charge in [-0.05, 0) is 33.4 Å². The van der Waals surface area contributed by atoms with E-state index in [1.807, 2.05) is 6.92 Å². The Kier molecular flexibility index (Phi) is 7.40. The highest BCUT2D eigenvalue weighted by Crippen LogP contribution is 2.03. The Morgan fingerprint density at radius 2 is 2.07 bits per heavy atom. The number of hydrogen-bond donors (Lipinski definition) is 0. The highest BCUT2D eigenvalue weighted by atomic mass is 16.1. The topological polar surface area (TPSA) is 20.3 Å². The summed E-state index contributed by atoms with van der Waals surface area (Å²) in [6, 6.07) is 0. The number of rotatable bonds is 7. The summed E-state index contributed by atoms with van der Waals surface area (Å²) in [5.74, 6) is 0.444. The second-order valence-electron chi connectivity index (χ2n) is 3.98. The third-order valence-electron chi connectivity index (χ3n) is 2.37. The number of allylic oxidation sites excluding steroid dienone is 1. The quantitative estimate of drug-likeness (QED) is 0.584. The molecule has 2 heteroatoms. The van der Waals surface area contributed by atoms with Gasteiger partial charge < -0.3 is 4.90 Å². The Morgan fingerprint density at radius 3 is 2.57 bits per heavy atom. The van der Waals surface area contributed by atoms with E-state index in [0.29, 0.717) is 0 Å². The van der Waals surface area contributed by atoms with Crippen LogP contribution in [0.3, 0.4) is 0 Å². The van der Waals surface area contributed by atoms with Gasteiger partial charge in [0, 0.05) is 12.5 Å². The summed E-state index contributed by atoms with van der Waals surface area (Å²) in [6.45, 7) is 7.92. The van der Waals surface area contributed by atoms with Gasteiger partial charge in [0.25, 0.3) is 0 Å². The van der Waals surface area contributed by atoms with Gasteiger partial charge in [0.15, 0.2) is 0 Å². The number of likely N-dealkylation sites (N-methyl/N-ethyl adjacent to an activating group) is 1. The summed E-state index contributed by atoms with van der Waals surface area (Å²) in [4.78, 5) is 13.2. The van der Waals surface area contributed by atoms with Crippen molar-refractivity contribution in [1.29, 1.82) is 0 Å². The zero-order valence-electron chi connectivity index (χ0n) is 9.92. The van der Waals surface area contributed by atoms with Gasteiger partial charge in [0.1, 0.15) is 5.78 Å². The van der Waals surface area contributed by atoms with Crippen LogP contribution in [0.25, 0.3) is 0 Å². The zero-order valence-corrected chi connectivity index (χ0v) is 9.92. The van der Waals surface area contributed by atoms with Crippen LogP contribution >= 0.6 is 0 Å². The van der Waals surface area contributed by atoms with E-state index in [-0.39, 0.29) is 11.7 Å². The number of ketones is 1. The molecule has 1 unspecified atom stereocenters. The predicted molar refractivity (Wildman–Crippen MR) is 61.4 cm³/mol. The molecule has 1 atom stereocenters. The lowest BCUT2D eigenvalue weighted by atomic mass is 10.0. The van der Waals surface area contributed by atoms with Crippen molar-refractivity contribution in [3.63, 3.8) is 0 Å². The maximum absolute atomic E-state index is 10.9. The summed E-state index contributed by atoms with van der Waals surface area (Å²) in [7, 11) is 2.11. The summed E-state index contributed by atoms with van der Waals surface area (Å²) >= 11 is 0. The molecule has 0 N–H and O–H groups in total. The molecule has 0 aliphatic rings. The fourth-order valence-corrected chi connectivity index (χ4v) is 1.19. The Hall–Kier alpha value is -0.630. The lowest BCUT2D eigenvalue weighted by molar-refractivity contribution is -0.120. The third kappa shape index (κ3) is 6.84. The van der Waals surface area contributed by atoms with E-state index in [0.717, 1.165) is 19.5 Å². The van der Waals surface area contributed by atoms with Crippen LogP contribution in [0.4, 0.5) is 0 Å². The average Bonchev–Trinajstić information content (AvgIpc) is 2.12. The monoisotopic (exact) mass is 197 g/mol. The van der Waals surface area contributed by atoms with Crippen LogP contribution in [0.5, 0.6) is 0 Å². The number of Topliss-reactive ketones (excluding diaryl/α,β-unsaturated/α-hetero) is 1. The molecule has 0 saturated carbocycles. The van der Waals surface area contributed by atoms with Crippen LogP contribution in [0, 0.1) is 5.92 Å². The van der Waals surface area contributed by atoms with Gasteiger partial charge in [-0.3, -0.25) is 4.79 Å². The van der Waals surface area contributed by atoms with Gasteiger partial charge in [0.05, 0.1) is 0 Å². The Bertz CT molecular complexity index is 187. The minimum absolute atomic E-state index is 0.169. The first-order valence-corrected chi connectivity index (χ1v) is 5.42. The minimum atomic E-state index is 0.169. The number of carbonyl (C=O) groups is 1. The van der Waals surface area contributed by atoms with Gasteiger partial charge in [-0.2, -0.15) is 0 Å². The highest BCUT2D eigenvalue weighted by Gasteiger charge is 2.03. The Labute approximate surface area is 88.0 Å². The lowest BCUT2D eigenvalue weighted by Gasteiger charge is -2.12. The number of carbonyl (C=O) groups excluding carboxylic acids is 1. The van der Waals surface area contributed by atoms with E-state index >= 15 is 0 Å². The van der Waals surface area contributed by atoms with Crippen molar-refractivity contribution in [2.45, 2.75) is 33.6 Å². The van der Waals surface area contributed by atoms with Crippen LogP contribution in [0.15, 0.2) is 12.2 Å². The number of nitrogens with zero attached hydrogens (tertiary/aromatic N) is 1. The molecule has 0 fully saturated rings. The third-order valence-corrected chi connectivity index (χ3v) is 2.37. The Morgan fingerprint density at radius 1 is 1.43 bits per heavy atom. The molecular weight excluding hydrogens is 174 g/mol. The molecular formula is C12H23NO. The molecule has 0 aromatic rings. The van der Waals surface area contributed by atoms with Crippen LogP contribution in [-0.4, -0.2) is 30.8 Å². The SMILES string of the molecule is CCCN(C)C/C=C/CC(C)C(C)=O. The van der Waals surface area contributed by atoms with E-state index in [1.54, 1.807) is 6.92 Å². The second kappa shape index (κ2) is 7.74. The first-order valence-electron chi connectivity index (χ1n) is 5.42. The van der Waals surface area contributed by atoms with Crippen molar-refractivity contribution >= 4 is 5.78 Å². The molecule has 0 aliphatic heterocycles. The van der Waals surface area contributed by atoms with Crippen molar-refractivity contribution in [3.8, 4) is 0 Å². The van der Waals surface area contributed by atoms with Crippen molar-refractivity contribution in [3.05, 3.63) is 12.2 Å². The summed E-state index contributed by atoms with van der Waals surface area (Å²) < 4.78 is 0. The molecule has 0 amide bonds. The van der Waals surface area contributed by atoms with E-state index in [1.165, 1.54) is 6.42 Å². The molecule has 0 aromatic carbocycles. The van der Waals surface area contributed by atoms with Crippen LogP contribution in [-0.2, 0) is 4.79 Å². The fraction of sp³-hybridized carbons (Fsp3) is 0.750. The van der Waals surface area contributed by atoms with Crippen LogP contribution in [0.1, 0.15) is 33.6 Å². The fourth-order valence-electron chi connectivity index (χ4n) is 1.19. The maximum atomic E-state index is 10.9. The molecule has 2 nitrogen and oxygen atoms in total. The first kappa shape index (κ1) is 13.4. The lowest BCUT2D eigenvalue weighted by Crippen LogP contribution is -2.18. The normalized spacial score (nSPS) is 13.8. The van der Waals surface area contributed by atoms with E-state index < -0.39 is 0 Å². The van der Waals surface area contributed by atoms with Crippen LogP contribution in [0.2, 0.25) is 0 Å². The van der Waals surface area contributed by atoms with E-state index in [9.17, 15) is 4.79 Å². The molecule has 82 valence electrons. The second-order valence-corrected chi connectivity index (χ2v) is 3.98.